The smallest absolute Gasteiger partial charge is 0.399 e. The number of rotatable bonds is 1. The Kier molecular flexibility index (Phi) is 3.43. The number of hydrogen-bond donors (Lipinski definition) is 0. The van der Waals surface area contributed by atoms with Crippen LogP contribution in [0.2, 0.25) is 0 Å². The second-order valence-electron chi connectivity index (χ2n) is 8.88. The van der Waals surface area contributed by atoms with E-state index in [1.54, 1.807) is 12.4 Å². The van der Waals surface area contributed by atoms with Crippen LogP contribution in [0.5, 0.6) is 0 Å². The summed E-state index contributed by atoms with van der Waals surface area (Å²) in [5.41, 5.74) is 4.65. The van der Waals surface area contributed by atoms with Gasteiger partial charge in [0.1, 0.15) is 11.2 Å². The molecule has 3 aromatic heterocycles. The van der Waals surface area contributed by atoms with Gasteiger partial charge in [-0.3, -0.25) is 9.38 Å². The van der Waals surface area contributed by atoms with Crippen LogP contribution in [0, 0.1) is 0 Å². The van der Waals surface area contributed by atoms with Crippen molar-refractivity contribution in [2.75, 3.05) is 0 Å². The van der Waals surface area contributed by atoms with Crippen molar-refractivity contribution in [1.29, 1.82) is 0 Å². The molecule has 0 amide bonds. The Balaban J connectivity index is 1.66. The second kappa shape index (κ2) is 5.77. The first-order valence-electron chi connectivity index (χ1n) is 10.1. The number of fused-ring (bicyclic) bond motifs is 8. The largest absolute Gasteiger partial charge is 0.494 e. The molecule has 5 aromatic rings. The van der Waals surface area contributed by atoms with Gasteiger partial charge in [-0.1, -0.05) is 30.3 Å². The summed E-state index contributed by atoms with van der Waals surface area (Å²) in [5, 5.41) is 2.02. The van der Waals surface area contributed by atoms with Crippen molar-refractivity contribution in [2.45, 2.75) is 38.9 Å². The van der Waals surface area contributed by atoms with Crippen LogP contribution >= 0.6 is 0 Å². The highest BCUT2D eigenvalue weighted by atomic mass is 16.7. The van der Waals surface area contributed by atoms with E-state index in [-0.39, 0.29) is 11.2 Å². The summed E-state index contributed by atoms with van der Waals surface area (Å²) in [6.07, 6.45) is 3.45. The van der Waals surface area contributed by atoms with E-state index >= 15 is 0 Å². The Hall–Kier alpha value is -3.03. The molecule has 30 heavy (non-hydrogen) atoms. The highest BCUT2D eigenvalue weighted by Gasteiger charge is 2.51. The fourth-order valence-corrected chi connectivity index (χ4v) is 4.18. The van der Waals surface area contributed by atoms with Crippen LogP contribution in [-0.2, 0) is 9.31 Å². The highest BCUT2D eigenvalue weighted by Crippen LogP contribution is 2.37. The molecule has 0 spiro atoms. The maximum absolute atomic E-state index is 6.27. The van der Waals surface area contributed by atoms with Crippen molar-refractivity contribution in [3.63, 3.8) is 0 Å². The van der Waals surface area contributed by atoms with Crippen LogP contribution < -0.4 is 5.46 Å². The first kappa shape index (κ1) is 17.8. The fraction of sp³-hybridized carbons (Fsp3) is 0.261. The van der Waals surface area contributed by atoms with Gasteiger partial charge in [-0.15, -0.1) is 0 Å². The summed E-state index contributed by atoms with van der Waals surface area (Å²) in [7, 11) is -0.429. The monoisotopic (exact) mass is 396 g/mol. The predicted molar refractivity (Wildman–Crippen MR) is 119 cm³/mol. The summed E-state index contributed by atoms with van der Waals surface area (Å²) in [4.78, 5) is 14.2. The van der Waals surface area contributed by atoms with Gasteiger partial charge < -0.3 is 9.31 Å². The molecule has 0 saturated carbocycles. The lowest BCUT2D eigenvalue weighted by atomic mass is 9.78. The third-order valence-electron chi connectivity index (χ3n) is 6.52. The molecule has 148 valence electrons. The maximum Gasteiger partial charge on any atom is 0.494 e. The third kappa shape index (κ3) is 2.30. The van der Waals surface area contributed by atoms with E-state index in [9.17, 15) is 0 Å². The standard InChI is InChI=1S/C23H21BN4O2/c1-22(2)23(3,4)30-24(29-22)14-9-10-15-16(13-14)19-21(26-12-11-25-19)28-18-8-6-5-7-17(18)27-20(15)28/h5-13H,1-4H3. The normalized spacial score (nSPS) is 18.2. The zero-order valence-electron chi connectivity index (χ0n) is 17.4. The van der Waals surface area contributed by atoms with E-state index in [0.717, 1.165) is 44.1 Å². The van der Waals surface area contributed by atoms with Gasteiger partial charge >= 0.3 is 7.12 Å². The molecule has 1 aliphatic heterocycles. The fourth-order valence-electron chi connectivity index (χ4n) is 4.18. The number of benzene rings is 2. The number of nitrogens with zero attached hydrogens (tertiary/aromatic N) is 4. The molecule has 0 unspecified atom stereocenters. The molecule has 1 fully saturated rings. The summed E-state index contributed by atoms with van der Waals surface area (Å²) >= 11 is 0. The van der Waals surface area contributed by atoms with Crippen molar-refractivity contribution < 1.29 is 9.31 Å². The number of para-hydroxylation sites is 2. The van der Waals surface area contributed by atoms with Crippen LogP contribution in [0.15, 0.2) is 54.9 Å². The van der Waals surface area contributed by atoms with Crippen molar-refractivity contribution >= 4 is 51.2 Å². The van der Waals surface area contributed by atoms with Gasteiger partial charge in [-0.05, 0) is 45.3 Å². The Morgan fingerprint density at radius 3 is 2.37 bits per heavy atom. The minimum Gasteiger partial charge on any atom is -0.399 e. The molecule has 0 N–H and O–H groups in total. The maximum atomic E-state index is 6.27. The average Bonchev–Trinajstić information content (AvgIpc) is 3.22. The number of hydrogen-bond acceptors (Lipinski definition) is 5. The Morgan fingerprint density at radius 1 is 0.833 bits per heavy atom. The molecule has 6 nitrogen and oxygen atoms in total. The molecule has 4 heterocycles. The summed E-state index contributed by atoms with van der Waals surface area (Å²) in [6, 6.07) is 14.4. The Bertz CT molecular complexity index is 1460. The van der Waals surface area contributed by atoms with Gasteiger partial charge in [-0.2, -0.15) is 0 Å². The van der Waals surface area contributed by atoms with E-state index in [1.165, 1.54) is 0 Å². The lowest BCUT2D eigenvalue weighted by molar-refractivity contribution is 0.00578. The van der Waals surface area contributed by atoms with E-state index in [4.69, 9.17) is 14.3 Å². The minimum absolute atomic E-state index is 0.390. The molecular formula is C23H21BN4O2. The summed E-state index contributed by atoms with van der Waals surface area (Å²) in [6.45, 7) is 8.26. The number of pyridine rings is 1. The van der Waals surface area contributed by atoms with Crippen molar-refractivity contribution in [1.82, 2.24) is 19.4 Å². The highest BCUT2D eigenvalue weighted by molar-refractivity contribution is 6.62. The molecule has 6 rings (SSSR count). The Labute approximate surface area is 174 Å². The van der Waals surface area contributed by atoms with Gasteiger partial charge in [-0.25, -0.2) is 9.97 Å². The lowest BCUT2D eigenvalue weighted by Crippen LogP contribution is -2.41. The predicted octanol–water partition coefficient (Wildman–Crippen LogP) is 3.88. The van der Waals surface area contributed by atoms with Crippen molar-refractivity contribution in [3.05, 3.63) is 54.9 Å². The second-order valence-corrected chi connectivity index (χ2v) is 8.88. The van der Waals surface area contributed by atoms with E-state index in [2.05, 4.69) is 66.3 Å². The van der Waals surface area contributed by atoms with Crippen molar-refractivity contribution in [2.24, 2.45) is 0 Å². The van der Waals surface area contributed by atoms with Gasteiger partial charge in [0.15, 0.2) is 5.65 Å². The third-order valence-corrected chi connectivity index (χ3v) is 6.52. The number of imidazole rings is 1. The molecule has 2 aromatic carbocycles. The molecule has 0 aliphatic carbocycles. The molecule has 1 aliphatic rings. The molecule has 0 bridgehead atoms. The summed E-state index contributed by atoms with van der Waals surface area (Å²) in [5.74, 6) is 0. The molecule has 0 radical (unpaired) electrons. The van der Waals surface area contributed by atoms with Crippen LogP contribution in [0.25, 0.3) is 38.6 Å². The Morgan fingerprint density at radius 2 is 1.57 bits per heavy atom. The van der Waals surface area contributed by atoms with Gasteiger partial charge in [0.2, 0.25) is 0 Å². The van der Waals surface area contributed by atoms with Crippen LogP contribution in [-0.4, -0.2) is 37.7 Å². The van der Waals surface area contributed by atoms with Crippen LogP contribution in [0.1, 0.15) is 27.7 Å². The van der Waals surface area contributed by atoms with Crippen LogP contribution in [0.4, 0.5) is 0 Å². The van der Waals surface area contributed by atoms with Crippen molar-refractivity contribution in [3.8, 4) is 0 Å². The van der Waals surface area contributed by atoms with Crippen LogP contribution in [0.3, 0.4) is 0 Å². The zero-order valence-corrected chi connectivity index (χ0v) is 17.4. The van der Waals surface area contributed by atoms with E-state index in [0.29, 0.717) is 0 Å². The topological polar surface area (TPSA) is 61.5 Å². The van der Waals surface area contributed by atoms with E-state index < -0.39 is 7.12 Å². The molecule has 0 atom stereocenters. The van der Waals surface area contributed by atoms with Gasteiger partial charge in [0.05, 0.1) is 22.2 Å². The van der Waals surface area contributed by atoms with E-state index in [1.807, 2.05) is 18.2 Å². The summed E-state index contributed by atoms with van der Waals surface area (Å²) < 4.78 is 14.6. The average molecular weight is 396 g/mol. The first-order valence-corrected chi connectivity index (χ1v) is 10.1. The molecule has 7 heteroatoms. The minimum atomic E-state index is -0.429. The molecular weight excluding hydrogens is 375 g/mol. The quantitative estimate of drug-likeness (QED) is 0.318. The lowest BCUT2D eigenvalue weighted by Gasteiger charge is -2.32. The SMILES string of the molecule is CC1(C)OB(c2ccc3c(c2)c2nccnc2n2c4ccccc4nc32)OC1(C)C. The molecule has 1 saturated heterocycles. The first-order chi connectivity index (χ1) is 14.4. The number of aromatic nitrogens is 4. The van der Waals surface area contributed by atoms with Gasteiger partial charge in [0, 0.05) is 23.2 Å². The zero-order chi connectivity index (χ0) is 20.7. The van der Waals surface area contributed by atoms with Gasteiger partial charge in [0.25, 0.3) is 0 Å².